The first-order valence-corrected chi connectivity index (χ1v) is 18.7. The predicted octanol–water partition coefficient (Wildman–Crippen LogP) is 9.87. The largest absolute Gasteiger partial charge is 0.394 e. The molecule has 0 rings (SSSR count). The number of carbonyl (C=O) groups excluding carboxylic acids is 1. The van der Waals surface area contributed by atoms with Crippen molar-refractivity contribution in [2.75, 3.05) is 6.61 Å². The Morgan fingerprint density at radius 2 is 0.977 bits per heavy atom. The first kappa shape index (κ1) is 41.8. The van der Waals surface area contributed by atoms with Crippen LogP contribution in [0.25, 0.3) is 0 Å². The average molecular weight is 608 g/mol. The van der Waals surface area contributed by atoms with Crippen LogP contribution in [-0.4, -0.2) is 46.1 Å². The zero-order chi connectivity index (χ0) is 31.6. The molecule has 1 amide bonds. The lowest BCUT2D eigenvalue weighted by Gasteiger charge is -2.21. The van der Waals surface area contributed by atoms with Gasteiger partial charge in [-0.05, 0) is 19.3 Å². The zero-order valence-electron chi connectivity index (χ0n) is 28.6. The van der Waals surface area contributed by atoms with Gasteiger partial charge in [0, 0.05) is 0 Å². The SMILES string of the molecule is CCCCCCC/C=C/C=C/[C@@H](O)[C@H](CO)NC(=O)C(O)CCCCCCCCCCCCCCCCCCCCCC. The van der Waals surface area contributed by atoms with Gasteiger partial charge >= 0.3 is 0 Å². The van der Waals surface area contributed by atoms with Gasteiger partial charge in [-0.3, -0.25) is 4.79 Å². The molecule has 0 radical (unpaired) electrons. The molecule has 0 fully saturated rings. The van der Waals surface area contributed by atoms with Crippen LogP contribution in [0.2, 0.25) is 0 Å². The molecule has 0 aliphatic carbocycles. The number of hydrogen-bond acceptors (Lipinski definition) is 4. The van der Waals surface area contributed by atoms with E-state index in [1.54, 1.807) is 12.2 Å². The van der Waals surface area contributed by atoms with Crippen LogP contribution in [0.15, 0.2) is 24.3 Å². The third-order valence-corrected chi connectivity index (χ3v) is 8.60. The molecule has 0 spiro atoms. The second-order valence-electron chi connectivity index (χ2n) is 12.8. The van der Waals surface area contributed by atoms with E-state index in [4.69, 9.17) is 0 Å². The van der Waals surface area contributed by atoms with E-state index in [2.05, 4.69) is 25.2 Å². The number of aliphatic hydroxyl groups excluding tert-OH is 3. The average Bonchev–Trinajstić information content (AvgIpc) is 3.01. The number of rotatable bonds is 33. The van der Waals surface area contributed by atoms with Crippen LogP contribution in [0, 0.1) is 0 Å². The van der Waals surface area contributed by atoms with E-state index >= 15 is 0 Å². The summed E-state index contributed by atoms with van der Waals surface area (Å²) in [6, 6.07) is -0.823. The summed E-state index contributed by atoms with van der Waals surface area (Å²) in [5, 5.41) is 32.8. The molecule has 3 atom stereocenters. The molecule has 5 nitrogen and oxygen atoms in total. The number of amides is 1. The molecule has 0 bridgehead atoms. The van der Waals surface area contributed by atoms with Crippen molar-refractivity contribution in [1.82, 2.24) is 5.32 Å². The second-order valence-corrected chi connectivity index (χ2v) is 12.8. The van der Waals surface area contributed by atoms with Gasteiger partial charge in [0.2, 0.25) is 5.91 Å². The third kappa shape index (κ3) is 29.3. The lowest BCUT2D eigenvalue weighted by atomic mass is 10.0. The summed E-state index contributed by atoms with van der Waals surface area (Å²) < 4.78 is 0. The van der Waals surface area contributed by atoms with Crippen LogP contribution in [0.1, 0.15) is 187 Å². The van der Waals surface area contributed by atoms with Crippen molar-refractivity contribution in [3.05, 3.63) is 24.3 Å². The molecule has 0 heterocycles. The normalized spacial score (nSPS) is 14.1. The molecular weight excluding hydrogens is 534 g/mol. The highest BCUT2D eigenvalue weighted by atomic mass is 16.3. The molecular formula is C38H73NO4. The van der Waals surface area contributed by atoms with Gasteiger partial charge in [0.1, 0.15) is 6.10 Å². The van der Waals surface area contributed by atoms with E-state index in [-0.39, 0.29) is 6.61 Å². The smallest absolute Gasteiger partial charge is 0.249 e. The highest BCUT2D eigenvalue weighted by Gasteiger charge is 2.22. The van der Waals surface area contributed by atoms with Crippen molar-refractivity contribution in [2.24, 2.45) is 0 Å². The van der Waals surface area contributed by atoms with Crippen molar-refractivity contribution in [3.63, 3.8) is 0 Å². The Bertz CT molecular complexity index is 635. The minimum Gasteiger partial charge on any atom is -0.394 e. The van der Waals surface area contributed by atoms with E-state index in [0.717, 1.165) is 25.7 Å². The first-order valence-electron chi connectivity index (χ1n) is 18.7. The van der Waals surface area contributed by atoms with Crippen molar-refractivity contribution in [2.45, 2.75) is 205 Å². The van der Waals surface area contributed by atoms with E-state index in [1.807, 2.05) is 6.08 Å². The highest BCUT2D eigenvalue weighted by Crippen LogP contribution is 2.15. The van der Waals surface area contributed by atoms with Crippen molar-refractivity contribution in [3.8, 4) is 0 Å². The number of hydrogen-bond donors (Lipinski definition) is 4. The van der Waals surface area contributed by atoms with Gasteiger partial charge in [-0.2, -0.15) is 0 Å². The van der Waals surface area contributed by atoms with Gasteiger partial charge in [-0.25, -0.2) is 0 Å². The number of carbonyl (C=O) groups is 1. The first-order chi connectivity index (χ1) is 21.1. The van der Waals surface area contributed by atoms with E-state index in [0.29, 0.717) is 6.42 Å². The van der Waals surface area contributed by atoms with Crippen LogP contribution >= 0.6 is 0 Å². The monoisotopic (exact) mass is 608 g/mol. The van der Waals surface area contributed by atoms with Crippen LogP contribution in [0.4, 0.5) is 0 Å². The molecule has 0 aromatic heterocycles. The molecule has 0 aliphatic rings. The maximum Gasteiger partial charge on any atom is 0.249 e. The molecule has 254 valence electrons. The second kappa shape index (κ2) is 33.7. The summed E-state index contributed by atoms with van der Waals surface area (Å²) in [7, 11) is 0. The zero-order valence-corrected chi connectivity index (χ0v) is 28.6. The fourth-order valence-electron chi connectivity index (χ4n) is 5.59. The quantitative estimate of drug-likeness (QED) is 0.0441. The summed E-state index contributed by atoms with van der Waals surface area (Å²) in [6.45, 7) is 4.11. The molecule has 0 aliphatic heterocycles. The van der Waals surface area contributed by atoms with E-state index in [1.165, 1.54) is 141 Å². The Morgan fingerprint density at radius 1 is 0.581 bits per heavy atom. The summed E-state index contributed by atoms with van der Waals surface area (Å²) in [5.41, 5.74) is 0. The van der Waals surface area contributed by atoms with Crippen molar-refractivity contribution < 1.29 is 20.1 Å². The van der Waals surface area contributed by atoms with Gasteiger partial charge < -0.3 is 20.6 Å². The minimum atomic E-state index is -1.10. The molecule has 0 saturated carbocycles. The molecule has 5 heteroatoms. The lowest BCUT2D eigenvalue weighted by molar-refractivity contribution is -0.131. The highest BCUT2D eigenvalue weighted by molar-refractivity contribution is 5.80. The number of nitrogens with one attached hydrogen (secondary N) is 1. The fourth-order valence-corrected chi connectivity index (χ4v) is 5.59. The van der Waals surface area contributed by atoms with Crippen LogP contribution in [-0.2, 0) is 4.79 Å². The number of allylic oxidation sites excluding steroid dienone is 3. The van der Waals surface area contributed by atoms with Gasteiger partial charge in [0.15, 0.2) is 0 Å². The Kier molecular flexibility index (Phi) is 32.8. The number of aliphatic hydroxyl groups is 3. The molecule has 0 aromatic carbocycles. The maximum atomic E-state index is 12.4. The summed E-state index contributed by atoms with van der Waals surface area (Å²) in [5.74, 6) is -0.521. The van der Waals surface area contributed by atoms with Gasteiger partial charge in [0.25, 0.3) is 0 Å². The van der Waals surface area contributed by atoms with Crippen LogP contribution in [0.5, 0.6) is 0 Å². The molecule has 0 aromatic rings. The van der Waals surface area contributed by atoms with E-state index < -0.39 is 24.2 Å². The Morgan fingerprint density at radius 3 is 1.40 bits per heavy atom. The number of unbranched alkanes of at least 4 members (excludes halogenated alkanes) is 24. The molecule has 1 unspecified atom stereocenters. The minimum absolute atomic E-state index is 0.385. The van der Waals surface area contributed by atoms with Crippen molar-refractivity contribution in [1.29, 1.82) is 0 Å². The molecule has 4 N–H and O–H groups in total. The maximum absolute atomic E-state index is 12.4. The van der Waals surface area contributed by atoms with Gasteiger partial charge in [-0.15, -0.1) is 0 Å². The van der Waals surface area contributed by atoms with Crippen LogP contribution in [0.3, 0.4) is 0 Å². The van der Waals surface area contributed by atoms with Gasteiger partial charge in [-0.1, -0.05) is 192 Å². The summed E-state index contributed by atoms with van der Waals surface area (Å²) in [4.78, 5) is 12.4. The summed E-state index contributed by atoms with van der Waals surface area (Å²) in [6.07, 6.45) is 39.3. The standard InChI is InChI=1S/C38H73NO4/c1-3-5-7-9-11-13-14-15-16-17-18-19-20-21-22-23-25-27-29-31-33-37(42)38(43)39-35(34-40)36(41)32-30-28-26-24-12-10-8-6-4-2/h26,28,30,32,35-37,40-42H,3-25,27,29,31,33-34H2,1-2H3,(H,39,43)/b28-26+,32-30+/t35-,36+,37?/m0/s1. The molecule has 0 saturated heterocycles. The lowest BCUT2D eigenvalue weighted by Crippen LogP contribution is -2.48. The van der Waals surface area contributed by atoms with Crippen LogP contribution < -0.4 is 5.32 Å². The van der Waals surface area contributed by atoms with Crippen molar-refractivity contribution >= 4 is 5.91 Å². The fraction of sp³-hybridized carbons (Fsp3) is 0.868. The van der Waals surface area contributed by atoms with E-state index in [9.17, 15) is 20.1 Å². The predicted molar refractivity (Wildman–Crippen MR) is 185 cm³/mol. The van der Waals surface area contributed by atoms with Gasteiger partial charge in [0.05, 0.1) is 18.8 Å². The molecule has 43 heavy (non-hydrogen) atoms. The summed E-state index contributed by atoms with van der Waals surface area (Å²) >= 11 is 0. The third-order valence-electron chi connectivity index (χ3n) is 8.60. The Hall–Kier alpha value is -1.17. The Labute approximate surface area is 267 Å². The Balaban J connectivity index is 3.66. The topological polar surface area (TPSA) is 89.8 Å².